The lowest BCUT2D eigenvalue weighted by Crippen LogP contribution is -2.28. The smallest absolute Gasteiger partial charge is 0.240 e. The fourth-order valence-electron chi connectivity index (χ4n) is 2.95. The molecule has 0 bridgehead atoms. The monoisotopic (exact) mass is 381 g/mol. The van der Waals surface area contributed by atoms with Gasteiger partial charge in [0.2, 0.25) is 11.8 Å². The Hall–Kier alpha value is -2.60. The van der Waals surface area contributed by atoms with Gasteiger partial charge >= 0.3 is 0 Å². The highest BCUT2D eigenvalue weighted by atomic mass is 32.2. The molecular weight excluding hydrogens is 358 g/mol. The van der Waals surface area contributed by atoms with Gasteiger partial charge in [-0.25, -0.2) is 0 Å². The van der Waals surface area contributed by atoms with Gasteiger partial charge in [0.05, 0.1) is 6.04 Å². The van der Waals surface area contributed by atoms with Gasteiger partial charge in [0, 0.05) is 12.1 Å². The Morgan fingerprint density at radius 2 is 1.81 bits per heavy atom. The minimum atomic E-state index is -0.462. The second kappa shape index (κ2) is 8.39. The average Bonchev–Trinajstić information content (AvgIpc) is 2.98. The van der Waals surface area contributed by atoms with Gasteiger partial charge in [-0.2, -0.15) is 0 Å². The Balaban J connectivity index is 1.62. The largest absolute Gasteiger partial charge is 0.326 e. The molecule has 0 unspecified atom stereocenters. The number of nitrogens with one attached hydrogen (secondary N) is 2. The van der Waals surface area contributed by atoms with E-state index in [1.54, 1.807) is 0 Å². The van der Waals surface area contributed by atoms with Crippen LogP contribution in [0.3, 0.4) is 0 Å². The maximum absolute atomic E-state index is 12.4. The van der Waals surface area contributed by atoms with Gasteiger partial charge in [-0.3, -0.25) is 14.6 Å². The summed E-state index contributed by atoms with van der Waals surface area (Å²) in [6.45, 7) is 5.89. The highest BCUT2D eigenvalue weighted by Gasteiger charge is 2.32. The molecule has 0 spiro atoms. The molecular formula is C21H23N3O2S. The van der Waals surface area contributed by atoms with Crippen molar-refractivity contribution in [3.63, 3.8) is 0 Å². The maximum Gasteiger partial charge on any atom is 0.240 e. The van der Waals surface area contributed by atoms with Crippen LogP contribution in [-0.2, 0) is 9.59 Å². The van der Waals surface area contributed by atoms with E-state index in [0.29, 0.717) is 5.17 Å². The summed E-state index contributed by atoms with van der Waals surface area (Å²) in [5.41, 5.74) is 3.91. The van der Waals surface area contributed by atoms with Crippen molar-refractivity contribution in [1.82, 2.24) is 5.32 Å². The molecule has 1 heterocycles. The topological polar surface area (TPSA) is 70.6 Å². The quantitative estimate of drug-likeness (QED) is 0.823. The van der Waals surface area contributed by atoms with Crippen molar-refractivity contribution < 1.29 is 9.59 Å². The molecule has 2 N–H and O–H groups in total. The molecule has 2 aromatic rings. The summed E-state index contributed by atoms with van der Waals surface area (Å²) in [5, 5.41) is 5.83. The number of hydrogen-bond donors (Lipinski definition) is 2. The number of benzene rings is 2. The van der Waals surface area contributed by atoms with Crippen LogP contribution in [-0.4, -0.2) is 22.2 Å². The molecule has 1 saturated heterocycles. The van der Waals surface area contributed by atoms with Gasteiger partial charge in [0.15, 0.2) is 5.17 Å². The van der Waals surface area contributed by atoms with Crippen molar-refractivity contribution in [1.29, 1.82) is 0 Å². The number of rotatable bonds is 5. The minimum absolute atomic E-state index is 0.0591. The molecule has 1 fully saturated rings. The molecule has 27 heavy (non-hydrogen) atoms. The maximum atomic E-state index is 12.4. The number of carbonyl (C=O) groups excluding carboxylic acids is 2. The van der Waals surface area contributed by atoms with Crippen LogP contribution < -0.4 is 10.6 Å². The van der Waals surface area contributed by atoms with Gasteiger partial charge in [-0.05, 0) is 37.5 Å². The third kappa shape index (κ3) is 4.77. The third-order valence-corrected chi connectivity index (χ3v) is 5.58. The van der Waals surface area contributed by atoms with Gasteiger partial charge < -0.3 is 10.6 Å². The summed E-state index contributed by atoms with van der Waals surface area (Å²) in [4.78, 5) is 29.2. The molecule has 0 saturated carbocycles. The molecule has 1 aliphatic heterocycles. The van der Waals surface area contributed by atoms with E-state index in [-0.39, 0.29) is 24.3 Å². The van der Waals surface area contributed by atoms with E-state index in [1.165, 1.54) is 11.8 Å². The number of amidine groups is 1. The number of nitrogens with zero attached hydrogens (tertiary/aromatic N) is 1. The molecule has 0 aromatic heterocycles. The van der Waals surface area contributed by atoms with E-state index in [0.717, 1.165) is 22.4 Å². The molecule has 140 valence electrons. The summed E-state index contributed by atoms with van der Waals surface area (Å²) in [6.07, 6.45) is 0.114. The summed E-state index contributed by atoms with van der Waals surface area (Å²) in [6, 6.07) is 15.7. The lowest BCUT2D eigenvalue weighted by molar-refractivity contribution is -0.122. The molecule has 2 amide bonds. The van der Waals surface area contributed by atoms with Crippen molar-refractivity contribution in [2.75, 3.05) is 5.32 Å². The zero-order valence-electron chi connectivity index (χ0n) is 15.7. The lowest BCUT2D eigenvalue weighted by Gasteiger charge is -2.12. The van der Waals surface area contributed by atoms with Crippen molar-refractivity contribution in [3.8, 4) is 0 Å². The van der Waals surface area contributed by atoms with Gasteiger partial charge in [-0.1, -0.05) is 60.3 Å². The van der Waals surface area contributed by atoms with Crippen LogP contribution in [0.1, 0.15) is 36.1 Å². The van der Waals surface area contributed by atoms with E-state index in [9.17, 15) is 9.59 Å². The summed E-state index contributed by atoms with van der Waals surface area (Å²) < 4.78 is 0. The zero-order chi connectivity index (χ0) is 19.4. The fourth-order valence-corrected chi connectivity index (χ4v) is 4.00. The second-order valence-electron chi connectivity index (χ2n) is 6.64. The summed E-state index contributed by atoms with van der Waals surface area (Å²) >= 11 is 1.32. The zero-order valence-corrected chi connectivity index (χ0v) is 16.5. The van der Waals surface area contributed by atoms with Crippen molar-refractivity contribution in [2.24, 2.45) is 4.99 Å². The van der Waals surface area contributed by atoms with E-state index in [4.69, 9.17) is 0 Å². The normalized spacial score (nSPS) is 19.0. The first-order valence-corrected chi connectivity index (χ1v) is 9.78. The number of carbonyl (C=O) groups is 2. The SMILES string of the molecule is Cc1cccc(C)c1NC(=O)C[C@H]1SC(=N[C@@H](C)c2ccccc2)NC1=O. The van der Waals surface area contributed by atoms with E-state index < -0.39 is 5.25 Å². The number of para-hydroxylation sites is 1. The third-order valence-electron chi connectivity index (χ3n) is 4.49. The van der Waals surface area contributed by atoms with Crippen molar-refractivity contribution in [3.05, 3.63) is 65.2 Å². The van der Waals surface area contributed by atoms with Gasteiger partial charge in [0.1, 0.15) is 5.25 Å². The predicted molar refractivity (Wildman–Crippen MR) is 111 cm³/mol. The molecule has 2 aromatic carbocycles. The lowest BCUT2D eigenvalue weighted by atomic mass is 10.1. The average molecular weight is 382 g/mol. The summed E-state index contributed by atoms with van der Waals surface area (Å²) in [5.74, 6) is -0.340. The number of hydrogen-bond acceptors (Lipinski definition) is 4. The Labute approximate surface area is 163 Å². The van der Waals surface area contributed by atoms with Crippen LogP contribution >= 0.6 is 11.8 Å². The molecule has 3 rings (SSSR count). The predicted octanol–water partition coefficient (Wildman–Crippen LogP) is 3.98. The van der Waals surface area contributed by atoms with Crippen LogP contribution in [0.4, 0.5) is 5.69 Å². The first-order valence-electron chi connectivity index (χ1n) is 8.90. The first-order chi connectivity index (χ1) is 12.9. The fraction of sp³-hybridized carbons (Fsp3) is 0.286. The number of anilines is 1. The molecule has 0 aliphatic carbocycles. The standard InChI is InChI=1S/C21H23N3O2S/c1-13-8-7-9-14(2)19(13)23-18(25)12-17-20(26)24-21(27-17)22-15(3)16-10-5-4-6-11-16/h4-11,15,17H,12H2,1-3H3,(H,23,25)(H,22,24,26)/t15-,17+/m0/s1. The van der Waals surface area contributed by atoms with Gasteiger partial charge in [-0.15, -0.1) is 0 Å². The summed E-state index contributed by atoms with van der Waals surface area (Å²) in [7, 11) is 0. The second-order valence-corrected chi connectivity index (χ2v) is 7.83. The highest BCUT2D eigenvalue weighted by Crippen LogP contribution is 2.27. The van der Waals surface area contributed by atoms with Crippen LogP contribution in [0.15, 0.2) is 53.5 Å². The first kappa shape index (κ1) is 19.2. The van der Waals surface area contributed by atoms with Crippen molar-refractivity contribution >= 4 is 34.4 Å². The van der Waals surface area contributed by atoms with Crippen LogP contribution in [0, 0.1) is 13.8 Å². The molecule has 6 heteroatoms. The van der Waals surface area contributed by atoms with E-state index in [2.05, 4.69) is 15.6 Å². The van der Waals surface area contributed by atoms with Crippen LogP contribution in [0.5, 0.6) is 0 Å². The van der Waals surface area contributed by atoms with Gasteiger partial charge in [0.25, 0.3) is 0 Å². The number of aliphatic imine (C=N–C) groups is 1. The minimum Gasteiger partial charge on any atom is -0.326 e. The van der Waals surface area contributed by atoms with Crippen molar-refractivity contribution in [2.45, 2.75) is 38.5 Å². The Morgan fingerprint density at radius 1 is 1.15 bits per heavy atom. The Morgan fingerprint density at radius 3 is 2.48 bits per heavy atom. The van der Waals surface area contributed by atoms with Crippen LogP contribution in [0.25, 0.3) is 0 Å². The van der Waals surface area contributed by atoms with E-state index in [1.807, 2.05) is 69.3 Å². The molecule has 2 atom stereocenters. The molecule has 5 nitrogen and oxygen atoms in total. The number of thioether (sulfide) groups is 1. The van der Waals surface area contributed by atoms with Crippen LogP contribution in [0.2, 0.25) is 0 Å². The number of amides is 2. The highest BCUT2D eigenvalue weighted by molar-refractivity contribution is 8.15. The van der Waals surface area contributed by atoms with E-state index >= 15 is 0 Å². The Bertz CT molecular complexity index is 860. The molecule has 0 radical (unpaired) electrons. The molecule has 1 aliphatic rings. The number of aryl methyl sites for hydroxylation is 2. The Kier molecular flexibility index (Phi) is 5.96.